The van der Waals surface area contributed by atoms with Crippen molar-refractivity contribution in [1.29, 1.82) is 0 Å². The minimum Gasteiger partial charge on any atom is -0.469 e. The van der Waals surface area contributed by atoms with Crippen LogP contribution < -0.4 is 0 Å². The number of carbonyl (C=O) groups is 2. The summed E-state index contributed by atoms with van der Waals surface area (Å²) in [7, 11) is 1.37. The molecular weight excluding hydrogens is 234 g/mol. The van der Waals surface area contributed by atoms with E-state index in [4.69, 9.17) is 5.11 Å². The standard InChI is InChI=1S/C13H23NO4/c1-18-13(17)10-11-6-2-4-8-14(11)12(16)7-3-5-9-15/h11,15H,2-10H2,1H3. The Labute approximate surface area is 108 Å². The molecule has 1 aliphatic heterocycles. The van der Waals surface area contributed by atoms with E-state index in [1.165, 1.54) is 7.11 Å². The summed E-state index contributed by atoms with van der Waals surface area (Å²) in [5.41, 5.74) is 0. The van der Waals surface area contributed by atoms with Crippen LogP contribution in [0.2, 0.25) is 0 Å². The van der Waals surface area contributed by atoms with E-state index < -0.39 is 0 Å². The molecule has 0 aromatic heterocycles. The third kappa shape index (κ3) is 4.64. The maximum absolute atomic E-state index is 12.0. The fourth-order valence-corrected chi connectivity index (χ4v) is 2.35. The number of methoxy groups -OCH3 is 1. The molecular formula is C13H23NO4. The van der Waals surface area contributed by atoms with Crippen molar-refractivity contribution in [3.8, 4) is 0 Å². The van der Waals surface area contributed by atoms with Crippen molar-refractivity contribution in [3.63, 3.8) is 0 Å². The molecule has 0 bridgehead atoms. The van der Waals surface area contributed by atoms with E-state index in [1.54, 1.807) is 0 Å². The zero-order chi connectivity index (χ0) is 13.4. The van der Waals surface area contributed by atoms with Crippen LogP contribution in [0.5, 0.6) is 0 Å². The maximum atomic E-state index is 12.0. The summed E-state index contributed by atoms with van der Waals surface area (Å²) in [6.45, 7) is 0.860. The molecule has 0 aliphatic carbocycles. The van der Waals surface area contributed by atoms with Gasteiger partial charge in [0.2, 0.25) is 5.91 Å². The Hall–Kier alpha value is -1.10. The summed E-state index contributed by atoms with van der Waals surface area (Å²) in [4.78, 5) is 25.2. The molecule has 0 saturated carbocycles. The molecule has 1 amide bonds. The van der Waals surface area contributed by atoms with Gasteiger partial charge in [0.1, 0.15) is 0 Å². The second kappa shape index (κ2) is 8.08. The van der Waals surface area contributed by atoms with Crippen LogP contribution in [0.3, 0.4) is 0 Å². The van der Waals surface area contributed by atoms with Gasteiger partial charge in [0.25, 0.3) is 0 Å². The van der Waals surface area contributed by atoms with Gasteiger partial charge in [0, 0.05) is 25.6 Å². The van der Waals surface area contributed by atoms with Crippen LogP contribution in [0.4, 0.5) is 0 Å². The second-order valence-electron chi connectivity index (χ2n) is 4.70. The SMILES string of the molecule is COC(=O)CC1CCCCN1C(=O)CCCCO. The zero-order valence-corrected chi connectivity index (χ0v) is 11.1. The van der Waals surface area contributed by atoms with Crippen LogP contribution in [-0.4, -0.2) is 48.2 Å². The van der Waals surface area contributed by atoms with E-state index in [9.17, 15) is 9.59 Å². The first-order valence-corrected chi connectivity index (χ1v) is 6.66. The third-order valence-corrected chi connectivity index (χ3v) is 3.38. The lowest BCUT2D eigenvalue weighted by atomic mass is 9.98. The fraction of sp³-hybridized carbons (Fsp3) is 0.846. The van der Waals surface area contributed by atoms with E-state index >= 15 is 0 Å². The highest BCUT2D eigenvalue weighted by molar-refractivity contribution is 5.78. The van der Waals surface area contributed by atoms with Gasteiger partial charge in [-0.1, -0.05) is 0 Å². The summed E-state index contributed by atoms with van der Waals surface area (Å²) in [5.74, 6) is -0.160. The molecule has 1 atom stereocenters. The van der Waals surface area contributed by atoms with E-state index in [0.29, 0.717) is 25.7 Å². The van der Waals surface area contributed by atoms with Crippen molar-refractivity contribution in [2.45, 2.75) is 51.0 Å². The smallest absolute Gasteiger partial charge is 0.307 e. The van der Waals surface area contributed by atoms with Crippen molar-refractivity contribution >= 4 is 11.9 Å². The lowest BCUT2D eigenvalue weighted by Crippen LogP contribution is -2.44. The average Bonchev–Trinajstić information content (AvgIpc) is 2.39. The predicted molar refractivity (Wildman–Crippen MR) is 66.9 cm³/mol. The molecule has 1 unspecified atom stereocenters. The van der Waals surface area contributed by atoms with Crippen LogP contribution in [-0.2, 0) is 14.3 Å². The van der Waals surface area contributed by atoms with Gasteiger partial charge in [-0.3, -0.25) is 9.59 Å². The Balaban J connectivity index is 2.47. The number of rotatable bonds is 6. The number of nitrogens with zero attached hydrogens (tertiary/aromatic N) is 1. The van der Waals surface area contributed by atoms with Crippen LogP contribution >= 0.6 is 0 Å². The summed E-state index contributed by atoms with van der Waals surface area (Å²) < 4.78 is 4.67. The third-order valence-electron chi connectivity index (χ3n) is 3.38. The number of esters is 1. The molecule has 0 radical (unpaired) electrons. The number of hydrogen-bond donors (Lipinski definition) is 1. The molecule has 104 valence electrons. The van der Waals surface area contributed by atoms with Gasteiger partial charge in [0.05, 0.1) is 13.5 Å². The molecule has 0 spiro atoms. The quantitative estimate of drug-likeness (QED) is 0.571. The number of ether oxygens (including phenoxy) is 1. The van der Waals surface area contributed by atoms with Crippen LogP contribution in [0, 0.1) is 0 Å². The number of aliphatic hydroxyl groups is 1. The van der Waals surface area contributed by atoms with Crippen LogP contribution in [0.1, 0.15) is 44.9 Å². The monoisotopic (exact) mass is 257 g/mol. The van der Waals surface area contributed by atoms with E-state index in [-0.39, 0.29) is 24.5 Å². The number of unbranched alkanes of at least 4 members (excludes halogenated alkanes) is 1. The zero-order valence-electron chi connectivity index (χ0n) is 11.1. The predicted octanol–water partition coefficient (Wildman–Crippen LogP) is 1.09. The highest BCUT2D eigenvalue weighted by atomic mass is 16.5. The average molecular weight is 257 g/mol. The van der Waals surface area contributed by atoms with E-state index in [2.05, 4.69) is 4.74 Å². The van der Waals surface area contributed by atoms with E-state index in [1.807, 2.05) is 4.90 Å². The largest absolute Gasteiger partial charge is 0.469 e. The maximum Gasteiger partial charge on any atom is 0.307 e. The van der Waals surface area contributed by atoms with Gasteiger partial charge in [-0.05, 0) is 32.1 Å². The Bertz CT molecular complexity index is 280. The Kier molecular flexibility index (Phi) is 6.72. The normalized spacial score (nSPS) is 19.7. The summed E-state index contributed by atoms with van der Waals surface area (Å²) >= 11 is 0. The summed E-state index contributed by atoms with van der Waals surface area (Å²) in [6, 6.07) is -0.00664. The topological polar surface area (TPSA) is 66.8 Å². The molecule has 1 heterocycles. The number of carbonyl (C=O) groups excluding carboxylic acids is 2. The minimum atomic E-state index is -0.255. The molecule has 1 saturated heterocycles. The number of amides is 1. The lowest BCUT2D eigenvalue weighted by molar-refractivity contribution is -0.144. The number of hydrogen-bond acceptors (Lipinski definition) is 4. The van der Waals surface area contributed by atoms with Gasteiger partial charge < -0.3 is 14.7 Å². The van der Waals surface area contributed by atoms with Crippen molar-refractivity contribution in [2.75, 3.05) is 20.3 Å². The first-order chi connectivity index (χ1) is 8.69. The number of aliphatic hydroxyl groups excluding tert-OH is 1. The van der Waals surface area contributed by atoms with Crippen molar-refractivity contribution in [2.24, 2.45) is 0 Å². The summed E-state index contributed by atoms with van der Waals surface area (Å²) in [5, 5.41) is 8.71. The Morgan fingerprint density at radius 1 is 1.33 bits per heavy atom. The van der Waals surface area contributed by atoms with Gasteiger partial charge in [-0.25, -0.2) is 0 Å². The van der Waals surface area contributed by atoms with Crippen molar-refractivity contribution in [3.05, 3.63) is 0 Å². The van der Waals surface area contributed by atoms with Crippen LogP contribution in [0.25, 0.3) is 0 Å². The first kappa shape index (κ1) is 15.0. The Morgan fingerprint density at radius 3 is 2.78 bits per heavy atom. The minimum absolute atomic E-state index is 0.00664. The molecule has 18 heavy (non-hydrogen) atoms. The van der Waals surface area contributed by atoms with Gasteiger partial charge in [-0.2, -0.15) is 0 Å². The van der Waals surface area contributed by atoms with Crippen LogP contribution in [0.15, 0.2) is 0 Å². The molecule has 1 N–H and O–H groups in total. The molecule has 5 heteroatoms. The van der Waals surface area contributed by atoms with Crippen molar-refractivity contribution in [1.82, 2.24) is 4.90 Å². The van der Waals surface area contributed by atoms with Crippen molar-refractivity contribution < 1.29 is 19.4 Å². The van der Waals surface area contributed by atoms with Gasteiger partial charge >= 0.3 is 5.97 Å². The lowest BCUT2D eigenvalue weighted by Gasteiger charge is -2.35. The highest BCUT2D eigenvalue weighted by Crippen LogP contribution is 2.21. The number of piperidine rings is 1. The highest BCUT2D eigenvalue weighted by Gasteiger charge is 2.28. The molecule has 1 aliphatic rings. The van der Waals surface area contributed by atoms with E-state index in [0.717, 1.165) is 25.8 Å². The fourth-order valence-electron chi connectivity index (χ4n) is 2.35. The summed E-state index contributed by atoms with van der Waals surface area (Å²) in [6.07, 6.45) is 5.05. The first-order valence-electron chi connectivity index (χ1n) is 6.66. The molecule has 0 aromatic rings. The molecule has 1 fully saturated rings. The number of likely N-dealkylation sites (tertiary alicyclic amines) is 1. The molecule has 5 nitrogen and oxygen atoms in total. The molecule has 1 rings (SSSR count). The molecule has 0 aromatic carbocycles. The van der Waals surface area contributed by atoms with Gasteiger partial charge in [-0.15, -0.1) is 0 Å². The van der Waals surface area contributed by atoms with Gasteiger partial charge in [0.15, 0.2) is 0 Å². The Morgan fingerprint density at radius 2 is 2.11 bits per heavy atom. The second-order valence-corrected chi connectivity index (χ2v) is 4.70.